The summed E-state index contributed by atoms with van der Waals surface area (Å²) in [5, 5.41) is 21.9. The summed E-state index contributed by atoms with van der Waals surface area (Å²) in [6.45, 7) is 0.684. The monoisotopic (exact) mass is 456 g/mol. The Hall–Kier alpha value is -3.72. The lowest BCUT2D eigenvalue weighted by Crippen LogP contribution is -2.29. The number of benzene rings is 2. The molecule has 1 amide bonds. The number of H-pyrrole nitrogens is 1. The number of amides is 1. The number of aliphatic hydroxyl groups excluding tert-OH is 1. The van der Waals surface area contributed by atoms with Crippen LogP contribution in [0.3, 0.4) is 0 Å². The maximum absolute atomic E-state index is 12.7. The van der Waals surface area contributed by atoms with Crippen LogP contribution in [0.1, 0.15) is 35.2 Å². The fourth-order valence-corrected chi connectivity index (χ4v) is 3.38. The van der Waals surface area contributed by atoms with Crippen LogP contribution in [0.25, 0.3) is 10.9 Å². The first-order chi connectivity index (χ1) is 16.0. The number of fused-ring (bicyclic) bond motifs is 1. The number of ether oxygens (including phenoxy) is 3. The largest absolute Gasteiger partial charge is 0.504 e. The zero-order valence-electron chi connectivity index (χ0n) is 18.6. The Morgan fingerprint density at radius 2 is 1.82 bits per heavy atom. The molecule has 0 unspecified atom stereocenters. The van der Waals surface area contributed by atoms with E-state index in [-0.39, 0.29) is 24.5 Å². The maximum atomic E-state index is 12.7. The zero-order chi connectivity index (χ0) is 23.8. The van der Waals surface area contributed by atoms with Crippen molar-refractivity contribution in [3.8, 4) is 23.0 Å². The molecular weight excluding hydrogens is 428 g/mol. The van der Waals surface area contributed by atoms with Gasteiger partial charge in [-0.1, -0.05) is 6.07 Å². The standard InChI is InChI=1S/C24H28N2O7/c1-31-19-9-7-16-13-17(23(29)25-14-15-6-8-18(28)20(12-15)32-2)24(30)26-21(16)22(19)33-11-5-3-4-10-27/h6-9,12-13,27-28H,3-5,10-11,14H2,1-2H3,(H,25,29)(H,26,30). The van der Waals surface area contributed by atoms with E-state index in [1.807, 2.05) is 0 Å². The summed E-state index contributed by atoms with van der Waals surface area (Å²) in [6, 6.07) is 9.70. The third-order valence-electron chi connectivity index (χ3n) is 5.15. The molecule has 0 saturated carbocycles. The predicted molar refractivity (Wildman–Crippen MR) is 123 cm³/mol. The number of methoxy groups -OCH3 is 2. The van der Waals surface area contributed by atoms with Crippen LogP contribution >= 0.6 is 0 Å². The van der Waals surface area contributed by atoms with Gasteiger partial charge >= 0.3 is 0 Å². The Bertz CT molecular complexity index is 1170. The number of hydrogen-bond donors (Lipinski definition) is 4. The Morgan fingerprint density at radius 3 is 2.55 bits per heavy atom. The first-order valence-electron chi connectivity index (χ1n) is 10.6. The van der Waals surface area contributed by atoms with E-state index >= 15 is 0 Å². The van der Waals surface area contributed by atoms with Gasteiger partial charge in [0.2, 0.25) is 0 Å². The second-order valence-electron chi connectivity index (χ2n) is 7.39. The Balaban J connectivity index is 1.80. The quantitative estimate of drug-likeness (QED) is 0.326. The van der Waals surface area contributed by atoms with Crippen molar-refractivity contribution in [3.63, 3.8) is 0 Å². The Kier molecular flexibility index (Phi) is 8.15. The first-order valence-corrected chi connectivity index (χ1v) is 10.6. The minimum atomic E-state index is -0.554. The zero-order valence-corrected chi connectivity index (χ0v) is 18.6. The van der Waals surface area contributed by atoms with Gasteiger partial charge in [0.1, 0.15) is 5.56 Å². The molecule has 0 spiro atoms. The molecule has 0 aliphatic heterocycles. The number of aromatic amines is 1. The molecule has 3 aromatic rings. The molecule has 0 bridgehead atoms. The highest BCUT2D eigenvalue weighted by Crippen LogP contribution is 2.34. The summed E-state index contributed by atoms with van der Waals surface area (Å²) in [6.07, 6.45) is 2.26. The van der Waals surface area contributed by atoms with Crippen molar-refractivity contribution in [2.24, 2.45) is 0 Å². The molecule has 0 radical (unpaired) electrons. The van der Waals surface area contributed by atoms with E-state index in [1.54, 1.807) is 24.3 Å². The topological polar surface area (TPSA) is 130 Å². The van der Waals surface area contributed by atoms with Gasteiger partial charge in [0, 0.05) is 18.5 Å². The fourth-order valence-electron chi connectivity index (χ4n) is 3.38. The lowest BCUT2D eigenvalue weighted by molar-refractivity contribution is 0.0949. The van der Waals surface area contributed by atoms with Gasteiger partial charge in [0.15, 0.2) is 23.0 Å². The Morgan fingerprint density at radius 1 is 1.03 bits per heavy atom. The average molecular weight is 456 g/mol. The second kappa shape index (κ2) is 11.2. The summed E-state index contributed by atoms with van der Waals surface area (Å²) in [7, 11) is 2.95. The highest BCUT2D eigenvalue weighted by atomic mass is 16.5. The minimum Gasteiger partial charge on any atom is -0.504 e. The van der Waals surface area contributed by atoms with Crippen LogP contribution in [0, 0.1) is 0 Å². The number of unbranched alkanes of at least 4 members (excludes halogenated alkanes) is 2. The number of nitrogens with one attached hydrogen (secondary N) is 2. The summed E-state index contributed by atoms with van der Waals surface area (Å²) < 4.78 is 16.3. The molecule has 9 heteroatoms. The number of aromatic hydroxyl groups is 1. The van der Waals surface area contributed by atoms with Crippen LogP contribution in [-0.4, -0.2) is 48.5 Å². The molecule has 4 N–H and O–H groups in total. The molecule has 0 saturated heterocycles. The number of aliphatic hydroxyl groups is 1. The van der Waals surface area contributed by atoms with Crippen LogP contribution in [0.2, 0.25) is 0 Å². The SMILES string of the molecule is COc1cc(CNC(=O)c2cc3ccc(OC)c(OCCCCCO)c3[nH]c2=O)ccc1O. The van der Waals surface area contributed by atoms with Crippen LogP contribution in [0.4, 0.5) is 0 Å². The van der Waals surface area contributed by atoms with Gasteiger partial charge in [-0.25, -0.2) is 0 Å². The van der Waals surface area contributed by atoms with E-state index < -0.39 is 11.5 Å². The lowest BCUT2D eigenvalue weighted by atomic mass is 10.1. The van der Waals surface area contributed by atoms with Gasteiger partial charge in [-0.2, -0.15) is 0 Å². The summed E-state index contributed by atoms with van der Waals surface area (Å²) >= 11 is 0. The van der Waals surface area contributed by atoms with Gasteiger partial charge in [0.05, 0.1) is 26.3 Å². The number of phenolic OH excluding ortho intramolecular Hbond substituents is 1. The smallest absolute Gasteiger partial charge is 0.261 e. The maximum Gasteiger partial charge on any atom is 0.261 e. The van der Waals surface area contributed by atoms with Crippen molar-refractivity contribution in [2.45, 2.75) is 25.8 Å². The molecule has 0 aliphatic rings. The van der Waals surface area contributed by atoms with E-state index in [0.29, 0.717) is 46.7 Å². The summed E-state index contributed by atoms with van der Waals surface area (Å²) in [5.41, 5.74) is 0.562. The van der Waals surface area contributed by atoms with Gasteiger partial charge in [-0.05, 0) is 55.2 Å². The molecule has 33 heavy (non-hydrogen) atoms. The van der Waals surface area contributed by atoms with E-state index in [9.17, 15) is 14.7 Å². The van der Waals surface area contributed by atoms with Gasteiger partial charge < -0.3 is 34.7 Å². The summed E-state index contributed by atoms with van der Waals surface area (Å²) in [5.74, 6) is 0.633. The molecule has 0 atom stereocenters. The van der Waals surface area contributed by atoms with Gasteiger partial charge in [-0.3, -0.25) is 9.59 Å². The van der Waals surface area contributed by atoms with Crippen LogP contribution in [0.15, 0.2) is 41.2 Å². The number of carbonyl (C=O) groups is 1. The van der Waals surface area contributed by atoms with E-state index in [4.69, 9.17) is 19.3 Å². The Labute approximate surface area is 190 Å². The third-order valence-corrected chi connectivity index (χ3v) is 5.15. The molecule has 0 fully saturated rings. The normalized spacial score (nSPS) is 10.8. The molecule has 1 aromatic heterocycles. The number of hydrogen-bond acceptors (Lipinski definition) is 7. The number of aromatic nitrogens is 1. The molecule has 0 aliphatic carbocycles. The molecule has 2 aromatic carbocycles. The average Bonchev–Trinajstić information content (AvgIpc) is 2.82. The number of phenols is 1. The van der Waals surface area contributed by atoms with Crippen LogP contribution in [-0.2, 0) is 6.54 Å². The highest BCUT2D eigenvalue weighted by molar-refractivity contribution is 5.98. The molecule has 176 valence electrons. The van der Waals surface area contributed by atoms with Gasteiger partial charge in [-0.15, -0.1) is 0 Å². The second-order valence-corrected chi connectivity index (χ2v) is 7.39. The third kappa shape index (κ3) is 5.75. The van der Waals surface area contributed by atoms with Crippen molar-refractivity contribution in [3.05, 3.63) is 57.9 Å². The molecule has 1 heterocycles. The number of rotatable bonds is 11. The minimum absolute atomic E-state index is 0.000369. The van der Waals surface area contributed by atoms with Gasteiger partial charge in [0.25, 0.3) is 11.5 Å². The number of carbonyl (C=O) groups excluding carboxylic acids is 1. The number of pyridine rings is 1. The highest BCUT2D eigenvalue weighted by Gasteiger charge is 2.17. The van der Waals surface area contributed by atoms with Crippen LogP contribution < -0.4 is 25.1 Å². The molecule has 3 rings (SSSR count). The van der Waals surface area contributed by atoms with E-state index in [1.165, 1.54) is 26.4 Å². The van der Waals surface area contributed by atoms with E-state index in [0.717, 1.165) is 12.8 Å². The lowest BCUT2D eigenvalue weighted by Gasteiger charge is -2.14. The van der Waals surface area contributed by atoms with Crippen molar-refractivity contribution < 1.29 is 29.2 Å². The molecule has 9 nitrogen and oxygen atoms in total. The van der Waals surface area contributed by atoms with Crippen LogP contribution in [0.5, 0.6) is 23.0 Å². The predicted octanol–water partition coefficient (Wildman–Crippen LogP) is 2.72. The van der Waals surface area contributed by atoms with Crippen molar-refractivity contribution in [1.29, 1.82) is 0 Å². The first kappa shape index (κ1) is 23.9. The van der Waals surface area contributed by atoms with Crippen molar-refractivity contribution >= 4 is 16.8 Å². The van der Waals surface area contributed by atoms with Crippen molar-refractivity contribution in [1.82, 2.24) is 10.3 Å². The van der Waals surface area contributed by atoms with Crippen molar-refractivity contribution in [2.75, 3.05) is 27.4 Å². The fraction of sp³-hybridized carbons (Fsp3) is 0.333. The van der Waals surface area contributed by atoms with E-state index in [2.05, 4.69) is 10.3 Å². The summed E-state index contributed by atoms with van der Waals surface area (Å²) in [4.78, 5) is 28.1. The molecular formula is C24H28N2O7.